The van der Waals surface area contributed by atoms with Crippen molar-refractivity contribution in [3.8, 4) is 0 Å². The summed E-state index contributed by atoms with van der Waals surface area (Å²) in [6, 6.07) is 7.81. The lowest BCUT2D eigenvalue weighted by Crippen LogP contribution is -2.60. The fourth-order valence-electron chi connectivity index (χ4n) is 2.93. The first-order chi connectivity index (χ1) is 11.8. The summed E-state index contributed by atoms with van der Waals surface area (Å²) in [4.78, 5) is 5.66. The van der Waals surface area contributed by atoms with E-state index < -0.39 is 36.9 Å². The van der Waals surface area contributed by atoms with Gasteiger partial charge in [0.1, 0.15) is 6.10 Å². The number of ether oxygens (including phenoxy) is 4. The lowest BCUT2D eigenvalue weighted by atomic mass is 9.94. The van der Waals surface area contributed by atoms with Crippen LogP contribution in [0.2, 0.25) is 0 Å². The maximum atomic E-state index is 8.89. The highest BCUT2D eigenvalue weighted by molar-refractivity contribution is 5.17. The Balaban J connectivity index is 1.88. The molecule has 1 aromatic rings. The van der Waals surface area contributed by atoms with Crippen molar-refractivity contribution in [2.24, 2.45) is 10.2 Å². The summed E-state index contributed by atoms with van der Waals surface area (Å²) < 4.78 is 22.6. The van der Waals surface area contributed by atoms with Gasteiger partial charge in [0.15, 0.2) is 12.6 Å². The highest BCUT2D eigenvalue weighted by Crippen LogP contribution is 2.36. The zero-order chi connectivity index (χ0) is 16.9. The quantitative estimate of drug-likeness (QED) is 0.476. The van der Waals surface area contributed by atoms with Crippen LogP contribution in [0.15, 0.2) is 40.6 Å². The third-order valence-electron chi connectivity index (χ3n) is 4.01. The van der Waals surface area contributed by atoms with Crippen molar-refractivity contribution in [3.05, 3.63) is 56.8 Å². The van der Waals surface area contributed by atoms with Gasteiger partial charge in [-0.15, -0.1) is 0 Å². The molecule has 0 unspecified atom stereocenters. The number of benzene rings is 1. The molecule has 24 heavy (non-hydrogen) atoms. The normalized spacial score (nSPS) is 35.2. The molecule has 2 heterocycles. The average Bonchev–Trinajstić information content (AvgIpc) is 2.64. The van der Waals surface area contributed by atoms with E-state index in [2.05, 4.69) is 20.1 Å². The molecule has 126 valence electrons. The minimum absolute atomic E-state index is 0.241. The minimum Gasteiger partial charge on any atom is -0.355 e. The Kier molecular flexibility index (Phi) is 5.17. The van der Waals surface area contributed by atoms with Gasteiger partial charge in [0, 0.05) is 22.5 Å². The number of hydrogen-bond acceptors (Lipinski definition) is 6. The molecule has 6 atom stereocenters. The molecular formula is C14H16N6O4. The van der Waals surface area contributed by atoms with Crippen molar-refractivity contribution < 1.29 is 18.9 Å². The smallest absolute Gasteiger partial charge is 0.184 e. The summed E-state index contributed by atoms with van der Waals surface area (Å²) >= 11 is 0. The van der Waals surface area contributed by atoms with E-state index in [9.17, 15) is 0 Å². The molecule has 0 saturated carbocycles. The molecule has 0 radical (unpaired) electrons. The second-order valence-electron chi connectivity index (χ2n) is 5.35. The predicted molar refractivity (Wildman–Crippen MR) is 81.5 cm³/mol. The summed E-state index contributed by atoms with van der Waals surface area (Å²) in [5.74, 6) is 0. The minimum atomic E-state index is -0.835. The van der Waals surface area contributed by atoms with Crippen LogP contribution in [0.3, 0.4) is 0 Å². The highest BCUT2D eigenvalue weighted by Gasteiger charge is 2.49. The van der Waals surface area contributed by atoms with Crippen LogP contribution in [0.5, 0.6) is 0 Å². The van der Waals surface area contributed by atoms with E-state index >= 15 is 0 Å². The van der Waals surface area contributed by atoms with Crippen LogP contribution in [-0.2, 0) is 18.9 Å². The average molecular weight is 332 g/mol. The Labute approximate surface area is 137 Å². The van der Waals surface area contributed by atoms with Gasteiger partial charge in [-0.25, -0.2) is 0 Å². The van der Waals surface area contributed by atoms with Crippen molar-refractivity contribution in [2.45, 2.75) is 36.9 Å². The third kappa shape index (κ3) is 3.15. The molecule has 0 bridgehead atoms. The first-order valence-corrected chi connectivity index (χ1v) is 7.37. The second-order valence-corrected chi connectivity index (χ2v) is 5.35. The third-order valence-corrected chi connectivity index (χ3v) is 4.01. The largest absolute Gasteiger partial charge is 0.355 e. The van der Waals surface area contributed by atoms with Gasteiger partial charge in [-0.1, -0.05) is 40.6 Å². The Morgan fingerprint density at radius 2 is 1.79 bits per heavy atom. The molecule has 0 spiro atoms. The number of hydrogen-bond donors (Lipinski definition) is 0. The molecule has 2 saturated heterocycles. The van der Waals surface area contributed by atoms with Crippen LogP contribution < -0.4 is 0 Å². The molecule has 10 nitrogen and oxygen atoms in total. The molecular weight excluding hydrogens is 316 g/mol. The first kappa shape index (κ1) is 16.5. The van der Waals surface area contributed by atoms with Gasteiger partial charge in [-0.05, 0) is 11.1 Å². The Bertz CT molecular complexity index is 660. The van der Waals surface area contributed by atoms with E-state index in [4.69, 9.17) is 30.0 Å². The number of nitrogens with zero attached hydrogens (tertiary/aromatic N) is 6. The summed E-state index contributed by atoms with van der Waals surface area (Å²) in [6.45, 7) is 0.241. The van der Waals surface area contributed by atoms with Gasteiger partial charge in [0.05, 0.1) is 24.8 Å². The van der Waals surface area contributed by atoms with E-state index in [1.807, 2.05) is 30.3 Å². The SMILES string of the molecule is CO[C@@H]1O[C@@H]2CO[C@H](c3ccccc3)O[C@H]2[C@H](N=[N+]=[N-])[C@@H]1N=[N+]=[N-]. The number of fused-ring (bicyclic) bond motifs is 1. The van der Waals surface area contributed by atoms with Gasteiger partial charge >= 0.3 is 0 Å². The fraction of sp³-hybridized carbons (Fsp3) is 0.571. The predicted octanol–water partition coefficient (Wildman–Crippen LogP) is 2.83. The number of rotatable bonds is 4. The molecule has 0 N–H and O–H groups in total. The van der Waals surface area contributed by atoms with Crippen LogP contribution in [0.4, 0.5) is 0 Å². The van der Waals surface area contributed by atoms with Gasteiger partial charge in [0.2, 0.25) is 0 Å². The Morgan fingerprint density at radius 1 is 1.08 bits per heavy atom. The van der Waals surface area contributed by atoms with E-state index in [-0.39, 0.29) is 6.61 Å². The standard InChI is InChI=1S/C14H16N6O4/c1-21-14-11(18-20-16)10(17-19-15)12-9(23-14)7-22-13(24-12)8-5-3-2-4-6-8/h2-6,9-14H,7H2,1H3/t9-,10-,11+,12-,13+,14-/m1/s1. The van der Waals surface area contributed by atoms with Crippen molar-refractivity contribution >= 4 is 0 Å². The van der Waals surface area contributed by atoms with E-state index in [1.165, 1.54) is 7.11 Å². The van der Waals surface area contributed by atoms with Crippen LogP contribution in [0, 0.1) is 0 Å². The summed E-state index contributed by atoms with van der Waals surface area (Å²) in [7, 11) is 1.43. The molecule has 0 amide bonds. The van der Waals surface area contributed by atoms with E-state index in [0.717, 1.165) is 5.56 Å². The lowest BCUT2D eigenvalue weighted by molar-refractivity contribution is -0.321. The molecule has 3 rings (SSSR count). The molecule has 1 aromatic carbocycles. The summed E-state index contributed by atoms with van der Waals surface area (Å²) in [5.41, 5.74) is 18.5. The fourth-order valence-corrected chi connectivity index (χ4v) is 2.93. The lowest BCUT2D eigenvalue weighted by Gasteiger charge is -2.46. The van der Waals surface area contributed by atoms with Crippen molar-refractivity contribution in [3.63, 3.8) is 0 Å². The zero-order valence-electron chi connectivity index (χ0n) is 12.9. The Hall–Kier alpha value is -2.32. The van der Waals surface area contributed by atoms with Crippen molar-refractivity contribution in [1.29, 1.82) is 0 Å². The number of azide groups is 2. The summed E-state index contributed by atoms with van der Waals surface area (Å²) in [5, 5.41) is 7.44. The molecule has 2 aliphatic rings. The second kappa shape index (κ2) is 7.50. The van der Waals surface area contributed by atoms with Gasteiger partial charge in [0.25, 0.3) is 0 Å². The molecule has 2 fully saturated rings. The summed E-state index contributed by atoms with van der Waals surface area (Å²) in [6.07, 6.45) is -2.55. The molecule has 0 aromatic heterocycles. The van der Waals surface area contributed by atoms with Gasteiger partial charge < -0.3 is 18.9 Å². The highest BCUT2D eigenvalue weighted by atomic mass is 16.7. The van der Waals surface area contributed by atoms with E-state index in [1.54, 1.807) is 0 Å². The van der Waals surface area contributed by atoms with Gasteiger partial charge in [-0.2, -0.15) is 0 Å². The van der Waals surface area contributed by atoms with Crippen LogP contribution in [-0.4, -0.2) is 44.3 Å². The van der Waals surface area contributed by atoms with Gasteiger partial charge in [-0.3, -0.25) is 0 Å². The molecule has 10 heteroatoms. The van der Waals surface area contributed by atoms with Crippen molar-refractivity contribution in [1.82, 2.24) is 0 Å². The first-order valence-electron chi connectivity index (χ1n) is 7.37. The number of methoxy groups -OCH3 is 1. The van der Waals surface area contributed by atoms with Crippen LogP contribution >= 0.6 is 0 Å². The molecule has 2 aliphatic heterocycles. The maximum absolute atomic E-state index is 8.89. The maximum Gasteiger partial charge on any atom is 0.184 e. The topological polar surface area (TPSA) is 134 Å². The monoisotopic (exact) mass is 332 g/mol. The molecule has 0 aliphatic carbocycles. The van der Waals surface area contributed by atoms with Crippen LogP contribution in [0.25, 0.3) is 20.9 Å². The van der Waals surface area contributed by atoms with E-state index in [0.29, 0.717) is 0 Å². The zero-order valence-corrected chi connectivity index (χ0v) is 12.9. The van der Waals surface area contributed by atoms with Crippen LogP contribution in [0.1, 0.15) is 11.9 Å². The Morgan fingerprint density at radius 3 is 2.46 bits per heavy atom. The van der Waals surface area contributed by atoms with Crippen molar-refractivity contribution in [2.75, 3.05) is 13.7 Å².